The number of ether oxygens (including phenoxy) is 1. The summed E-state index contributed by atoms with van der Waals surface area (Å²) in [6.07, 6.45) is 0. The lowest BCUT2D eigenvalue weighted by molar-refractivity contribution is 0.0652. The maximum Gasteiger partial charge on any atom is 0.374 e. The minimum atomic E-state index is -1.21. The molecule has 0 aliphatic heterocycles. The highest BCUT2D eigenvalue weighted by molar-refractivity contribution is 5.86. The number of methoxy groups -OCH3 is 1. The van der Waals surface area contributed by atoms with Crippen LogP contribution in [0.1, 0.15) is 16.1 Å². The maximum absolute atomic E-state index is 10.7. The van der Waals surface area contributed by atoms with Gasteiger partial charge in [-0.1, -0.05) is 5.16 Å². The van der Waals surface area contributed by atoms with Crippen LogP contribution in [-0.2, 0) is 0 Å². The summed E-state index contributed by atoms with van der Waals surface area (Å²) in [6, 6.07) is 4.58. The Morgan fingerprint density at radius 3 is 2.67 bits per heavy atom. The molecular weight excluding hydrogens is 238 g/mol. The van der Waals surface area contributed by atoms with E-state index in [4.69, 9.17) is 9.84 Å². The van der Waals surface area contributed by atoms with Gasteiger partial charge >= 0.3 is 5.97 Å². The molecule has 0 fully saturated rings. The van der Waals surface area contributed by atoms with Crippen molar-refractivity contribution in [3.8, 4) is 22.8 Å². The minimum Gasteiger partial charge on any atom is -0.504 e. The topological polar surface area (TPSA) is 92.8 Å². The molecule has 6 nitrogen and oxygen atoms in total. The molecule has 0 saturated carbocycles. The van der Waals surface area contributed by atoms with Crippen molar-refractivity contribution < 1.29 is 24.3 Å². The molecule has 2 N–H and O–H groups in total. The summed E-state index contributed by atoms with van der Waals surface area (Å²) < 4.78 is 9.66. The third kappa shape index (κ3) is 2.00. The lowest BCUT2D eigenvalue weighted by atomic mass is 10.1. The van der Waals surface area contributed by atoms with E-state index in [1.54, 1.807) is 12.1 Å². The van der Waals surface area contributed by atoms with Gasteiger partial charge in [0, 0.05) is 11.6 Å². The van der Waals surface area contributed by atoms with Crippen LogP contribution in [0, 0.1) is 6.92 Å². The predicted molar refractivity (Wildman–Crippen MR) is 61.9 cm³/mol. The second-order valence-corrected chi connectivity index (χ2v) is 3.74. The molecule has 0 aliphatic rings. The van der Waals surface area contributed by atoms with Crippen LogP contribution < -0.4 is 4.74 Å². The fourth-order valence-electron chi connectivity index (χ4n) is 1.60. The van der Waals surface area contributed by atoms with Gasteiger partial charge in [-0.2, -0.15) is 0 Å². The second-order valence-electron chi connectivity index (χ2n) is 3.74. The zero-order valence-corrected chi connectivity index (χ0v) is 9.80. The van der Waals surface area contributed by atoms with E-state index < -0.39 is 5.97 Å². The number of hydrogen-bond acceptors (Lipinski definition) is 5. The van der Waals surface area contributed by atoms with Crippen molar-refractivity contribution in [2.75, 3.05) is 7.11 Å². The van der Waals surface area contributed by atoms with E-state index in [9.17, 15) is 9.90 Å². The maximum atomic E-state index is 10.7. The smallest absolute Gasteiger partial charge is 0.374 e. The minimum absolute atomic E-state index is 0.103. The van der Waals surface area contributed by atoms with E-state index >= 15 is 0 Å². The Morgan fingerprint density at radius 2 is 2.11 bits per heavy atom. The summed E-state index contributed by atoms with van der Waals surface area (Å²) in [5.74, 6) is -1.31. The molecule has 1 aromatic heterocycles. The lowest BCUT2D eigenvalue weighted by Gasteiger charge is -2.08. The number of aryl methyl sites for hydroxylation is 1. The zero-order valence-electron chi connectivity index (χ0n) is 9.80. The van der Waals surface area contributed by atoms with Crippen molar-refractivity contribution in [3.63, 3.8) is 0 Å². The van der Waals surface area contributed by atoms with Gasteiger partial charge in [0.05, 0.1) is 7.11 Å². The van der Waals surface area contributed by atoms with Gasteiger partial charge in [-0.15, -0.1) is 0 Å². The molecule has 0 atom stereocenters. The van der Waals surface area contributed by atoms with Crippen molar-refractivity contribution >= 4 is 5.97 Å². The van der Waals surface area contributed by atoms with Crippen molar-refractivity contribution in [2.24, 2.45) is 0 Å². The first kappa shape index (κ1) is 12.0. The van der Waals surface area contributed by atoms with Gasteiger partial charge in [0.25, 0.3) is 0 Å². The van der Waals surface area contributed by atoms with Crippen molar-refractivity contribution in [1.82, 2.24) is 5.16 Å². The van der Waals surface area contributed by atoms with Crippen LogP contribution in [0.3, 0.4) is 0 Å². The summed E-state index contributed by atoms with van der Waals surface area (Å²) in [7, 11) is 1.43. The zero-order chi connectivity index (χ0) is 13.3. The first-order valence-electron chi connectivity index (χ1n) is 5.11. The third-order valence-corrected chi connectivity index (χ3v) is 2.44. The molecule has 0 aliphatic carbocycles. The van der Waals surface area contributed by atoms with E-state index in [-0.39, 0.29) is 17.2 Å². The van der Waals surface area contributed by atoms with Crippen molar-refractivity contribution in [2.45, 2.75) is 6.92 Å². The van der Waals surface area contributed by atoms with Crippen LogP contribution in [0.4, 0.5) is 0 Å². The molecule has 94 valence electrons. The number of hydrogen-bond donors (Lipinski definition) is 2. The molecule has 18 heavy (non-hydrogen) atoms. The first-order valence-corrected chi connectivity index (χ1v) is 5.11. The number of carboxylic acid groups (broad SMARTS) is 1. The largest absolute Gasteiger partial charge is 0.504 e. The van der Waals surface area contributed by atoms with Crippen LogP contribution in [0.5, 0.6) is 11.5 Å². The molecule has 0 bridgehead atoms. The highest BCUT2D eigenvalue weighted by Crippen LogP contribution is 2.37. The number of benzene rings is 1. The van der Waals surface area contributed by atoms with E-state index in [2.05, 4.69) is 9.68 Å². The number of phenols is 1. The number of phenolic OH excluding ortho intramolecular Hbond substituents is 1. The Morgan fingerprint density at radius 1 is 1.39 bits per heavy atom. The summed E-state index contributed by atoms with van der Waals surface area (Å²) in [5, 5.41) is 22.3. The molecule has 1 aromatic carbocycles. The molecule has 6 heteroatoms. The van der Waals surface area contributed by atoms with Crippen LogP contribution in [0.2, 0.25) is 0 Å². The van der Waals surface area contributed by atoms with E-state index in [1.807, 2.05) is 6.92 Å². The van der Waals surface area contributed by atoms with Gasteiger partial charge < -0.3 is 19.5 Å². The molecular formula is C12H11NO5. The van der Waals surface area contributed by atoms with Gasteiger partial charge in [0.1, 0.15) is 5.69 Å². The molecule has 0 spiro atoms. The number of carboxylic acids is 1. The lowest BCUT2D eigenvalue weighted by Crippen LogP contribution is -1.91. The Balaban J connectivity index is 2.55. The highest BCUT2D eigenvalue weighted by Gasteiger charge is 2.17. The van der Waals surface area contributed by atoms with E-state index in [0.717, 1.165) is 5.56 Å². The molecule has 2 aromatic rings. The van der Waals surface area contributed by atoms with Crippen LogP contribution in [0.25, 0.3) is 11.3 Å². The quantitative estimate of drug-likeness (QED) is 0.864. The highest BCUT2D eigenvalue weighted by atomic mass is 16.5. The monoisotopic (exact) mass is 249 g/mol. The van der Waals surface area contributed by atoms with Crippen LogP contribution in [0.15, 0.2) is 22.7 Å². The van der Waals surface area contributed by atoms with Gasteiger partial charge in [-0.05, 0) is 24.6 Å². The van der Waals surface area contributed by atoms with Gasteiger partial charge in [-0.25, -0.2) is 4.79 Å². The molecule has 0 unspecified atom stereocenters. The first-order chi connectivity index (χ1) is 8.52. The Kier molecular flexibility index (Phi) is 2.93. The summed E-state index contributed by atoms with van der Waals surface area (Å²) in [5.41, 5.74) is 1.45. The number of rotatable bonds is 3. The fourth-order valence-corrected chi connectivity index (χ4v) is 1.60. The Bertz CT molecular complexity index is 603. The SMILES string of the molecule is COc1cc(C)cc(-c2cc(C(=O)O)on2)c1O. The fraction of sp³-hybridized carbons (Fsp3) is 0.167. The van der Waals surface area contributed by atoms with Gasteiger partial charge in [0.2, 0.25) is 5.76 Å². The summed E-state index contributed by atoms with van der Waals surface area (Å²) in [6.45, 7) is 1.82. The van der Waals surface area contributed by atoms with Crippen molar-refractivity contribution in [1.29, 1.82) is 0 Å². The summed E-state index contributed by atoms with van der Waals surface area (Å²) >= 11 is 0. The van der Waals surface area contributed by atoms with E-state index in [1.165, 1.54) is 13.2 Å². The number of carbonyl (C=O) groups is 1. The van der Waals surface area contributed by atoms with Crippen molar-refractivity contribution in [3.05, 3.63) is 29.5 Å². The average Bonchev–Trinajstić information content (AvgIpc) is 2.81. The Labute approximate surface area is 102 Å². The van der Waals surface area contributed by atoms with Crippen LogP contribution in [-0.4, -0.2) is 28.4 Å². The molecule has 0 saturated heterocycles. The normalized spacial score (nSPS) is 10.3. The standard InChI is InChI=1S/C12H11NO5/c1-6-3-7(11(14)9(4-6)17-2)8-5-10(12(15)16)18-13-8/h3-5,14H,1-2H3,(H,15,16). The average molecular weight is 249 g/mol. The molecule has 1 heterocycles. The number of aromatic hydroxyl groups is 1. The Hall–Kier alpha value is -2.50. The number of aromatic carboxylic acids is 1. The molecule has 0 radical (unpaired) electrons. The van der Waals surface area contributed by atoms with Gasteiger partial charge in [0.15, 0.2) is 11.5 Å². The van der Waals surface area contributed by atoms with E-state index in [0.29, 0.717) is 11.3 Å². The number of aromatic nitrogens is 1. The number of nitrogens with zero attached hydrogens (tertiary/aromatic N) is 1. The molecule has 2 rings (SSSR count). The molecule has 0 amide bonds. The second kappa shape index (κ2) is 4.40. The summed E-state index contributed by atoms with van der Waals surface area (Å²) in [4.78, 5) is 10.7. The van der Waals surface area contributed by atoms with Gasteiger partial charge in [-0.3, -0.25) is 0 Å². The predicted octanol–water partition coefficient (Wildman–Crippen LogP) is 2.06. The third-order valence-electron chi connectivity index (χ3n) is 2.44. The van der Waals surface area contributed by atoms with Crippen LogP contribution >= 0.6 is 0 Å².